The van der Waals surface area contributed by atoms with Crippen molar-refractivity contribution in [3.8, 4) is 0 Å². The molecule has 4 saturated carbocycles. The SMILES string of the molecule is CC.CCC(F)[C@@H]1[C@@H](O)[C@H](O)CNC12CC2.CCC(F)[C@@H]1[C@H]2O[C@](C)(OC)C(C)(C)O[C@@H]2CN(C(=O)OC(C)(C)C)C12CC2.CO[C@@]1(C)O[C@@H]2[C@@H](C=O)C3(CC3)N(C(=O)OC(C)(C)C)C[C@H]2OC1(C)C.OC([C@@H]1[C@@H](O)[C@H](O)CNC12CC2)C(F)(F)F. The second-order valence-electron chi connectivity index (χ2n) is 28.5. The number of alkyl halides is 5. The molecule has 20 nitrogen and oxygen atoms in total. The molecule has 6 saturated heterocycles. The first kappa shape index (κ1) is 72.4. The second kappa shape index (κ2) is 25.8. The Hall–Kier alpha value is -2.66. The Morgan fingerprint density at radius 1 is 0.605 bits per heavy atom. The van der Waals surface area contributed by atoms with Gasteiger partial charge in [-0.2, -0.15) is 13.2 Å². The number of nitrogens with one attached hydrogen (secondary N) is 2. The van der Waals surface area contributed by atoms with Gasteiger partial charge in [-0.15, -0.1) is 0 Å². The van der Waals surface area contributed by atoms with Crippen LogP contribution in [0.5, 0.6) is 0 Å². The van der Waals surface area contributed by atoms with Gasteiger partial charge in [0.25, 0.3) is 0 Å². The van der Waals surface area contributed by atoms with E-state index in [1.807, 2.05) is 104 Å². The van der Waals surface area contributed by atoms with Gasteiger partial charge in [0.1, 0.15) is 59.3 Å². The highest BCUT2D eigenvalue weighted by Gasteiger charge is 2.71. The second-order valence-corrected chi connectivity index (χ2v) is 28.5. The maximum absolute atomic E-state index is 15.3. The van der Waals surface area contributed by atoms with Gasteiger partial charge in [-0.05, 0) is 147 Å². The molecule has 500 valence electrons. The monoisotopic (exact) mass is 1240 g/mol. The number of aliphatic hydroxyl groups is 5. The number of methoxy groups -OCH3 is 2. The van der Waals surface area contributed by atoms with Crippen LogP contribution in [0.4, 0.5) is 31.5 Å². The minimum atomic E-state index is -4.78. The van der Waals surface area contributed by atoms with Gasteiger partial charge in [0, 0.05) is 56.1 Å². The summed E-state index contributed by atoms with van der Waals surface area (Å²) in [5.41, 5.74) is -4.87. The van der Waals surface area contributed by atoms with Crippen molar-refractivity contribution in [2.75, 3.05) is 40.4 Å². The van der Waals surface area contributed by atoms with E-state index in [-0.39, 0.29) is 12.1 Å². The van der Waals surface area contributed by atoms with Gasteiger partial charge in [-0.1, -0.05) is 27.7 Å². The standard InChI is InChI=1S/C21H36FNO5.C19H31NO6.C10H18FNO2.C9H14F3NO3.C2H6/c1-9-13(22)15-16-14(26-19(5,6)20(7,25-8)27-16)12-23(21(15)10-11-21)17(24)28-18(2,3)4;1-16(2,3)26-15(22)20-10-13-14(12(11-21)19(20)8-9-19)25-18(6,23-7)17(4,5)24-13;1-2-6(11)8-9(14)7(13)5-12-10(8)3-4-10;10-9(11,12)7(16)5-6(15)4(14)3-13-8(5)1-2-8;1-2/h13-16H,9-12H2,1-8H3;11-14H,8-10H2,1-7H3;6-9,12-14H,2-5H2,1H3;4-7,13-16H,1-3H2;1-2H3/t13?,14-,15-,16+,20+;12-,13-,14-,18+;6?,7-,8-,9+;4-,5+,6+,7?;/m1111./s1. The normalized spacial score (nSPS) is 38.0. The zero-order valence-corrected chi connectivity index (χ0v) is 54.1. The van der Waals surface area contributed by atoms with E-state index in [4.69, 9.17) is 37.9 Å². The van der Waals surface area contributed by atoms with Gasteiger partial charge in [0.2, 0.25) is 0 Å². The molecule has 0 radical (unpaired) electrons. The molecule has 0 bridgehead atoms. The first-order chi connectivity index (χ1) is 39.6. The van der Waals surface area contributed by atoms with Crippen LogP contribution in [0.2, 0.25) is 0 Å². The number of piperidine rings is 4. The summed E-state index contributed by atoms with van der Waals surface area (Å²) in [6.45, 7) is 31.0. The lowest BCUT2D eigenvalue weighted by Crippen LogP contribution is -2.73. The number of likely N-dealkylation sites (tertiary alicyclic amines) is 2. The number of halogens is 5. The summed E-state index contributed by atoms with van der Waals surface area (Å²) >= 11 is 0. The highest BCUT2D eigenvalue weighted by Crippen LogP contribution is 2.59. The largest absolute Gasteiger partial charge is 0.444 e. The number of fused-ring (bicyclic) bond motifs is 2. The fourth-order valence-corrected chi connectivity index (χ4v) is 13.9. The average Bonchev–Trinajstić information content (AvgIpc) is 1.65. The number of carbonyl (C=O) groups is 3. The van der Waals surface area contributed by atoms with Crippen LogP contribution >= 0.6 is 0 Å². The molecule has 0 aromatic rings. The van der Waals surface area contributed by atoms with E-state index in [0.29, 0.717) is 45.3 Å². The summed E-state index contributed by atoms with van der Waals surface area (Å²) in [5, 5.41) is 53.4. The summed E-state index contributed by atoms with van der Waals surface area (Å²) in [5.74, 6) is -4.75. The van der Waals surface area contributed by atoms with E-state index in [2.05, 4.69) is 10.6 Å². The zero-order chi connectivity index (χ0) is 65.1. The van der Waals surface area contributed by atoms with Crippen LogP contribution in [-0.4, -0.2) is 224 Å². The van der Waals surface area contributed by atoms with E-state index in [1.165, 1.54) is 0 Å². The number of amides is 2. The van der Waals surface area contributed by atoms with Crippen LogP contribution in [0, 0.1) is 23.7 Å². The van der Waals surface area contributed by atoms with Gasteiger partial charge in [0.05, 0.1) is 60.6 Å². The molecule has 7 N–H and O–H groups in total. The van der Waals surface area contributed by atoms with E-state index >= 15 is 4.39 Å². The molecule has 10 aliphatic rings. The fraction of sp³-hybridized carbons (Fsp3) is 0.951. The molecule has 6 heterocycles. The number of β-amino-alcohol motifs (C(OH)–C–C–N with tert-alkyl or cyclic N) is 2. The third kappa shape index (κ3) is 14.3. The predicted molar refractivity (Wildman–Crippen MR) is 306 cm³/mol. The third-order valence-corrected chi connectivity index (χ3v) is 19.9. The number of rotatable bonds is 8. The average molecular weight is 1250 g/mol. The Bertz CT molecular complexity index is 2310. The van der Waals surface area contributed by atoms with Gasteiger partial charge in [-0.25, -0.2) is 18.4 Å². The smallest absolute Gasteiger partial charge is 0.414 e. The molecule has 2 amide bonds. The minimum Gasteiger partial charge on any atom is -0.444 e. The number of hydrogen-bond donors (Lipinski definition) is 7. The Labute approximate surface area is 505 Å². The summed E-state index contributed by atoms with van der Waals surface area (Å²) in [7, 11) is 3.15. The maximum Gasteiger partial charge on any atom is 0.414 e. The number of nitrogens with zero attached hydrogens (tertiary/aromatic N) is 2. The lowest BCUT2D eigenvalue weighted by molar-refractivity contribution is -0.399. The van der Waals surface area contributed by atoms with Crippen LogP contribution in [-0.2, 0) is 42.7 Å². The van der Waals surface area contributed by atoms with Gasteiger partial charge in [0.15, 0.2) is 17.7 Å². The predicted octanol–water partition coefficient (Wildman–Crippen LogP) is 7.19. The fourth-order valence-electron chi connectivity index (χ4n) is 13.9. The van der Waals surface area contributed by atoms with E-state index in [9.17, 15) is 57.5 Å². The van der Waals surface area contributed by atoms with Crippen LogP contribution in [0.25, 0.3) is 0 Å². The molecule has 6 aliphatic heterocycles. The van der Waals surface area contributed by atoms with Crippen LogP contribution in [0.3, 0.4) is 0 Å². The first-order valence-corrected chi connectivity index (χ1v) is 31.1. The molecule has 17 atom stereocenters. The number of hydrogen-bond acceptors (Lipinski definition) is 18. The van der Waals surface area contributed by atoms with Crippen molar-refractivity contribution >= 4 is 18.5 Å². The van der Waals surface area contributed by atoms with Gasteiger partial charge >= 0.3 is 18.4 Å². The molecule has 10 fully saturated rings. The maximum atomic E-state index is 15.3. The molecule has 86 heavy (non-hydrogen) atoms. The minimum absolute atomic E-state index is 0.0578. The molecule has 4 aliphatic carbocycles. The molecule has 10 rings (SSSR count). The molecular formula is C61H105F5N4O16. The molecule has 3 unspecified atom stereocenters. The van der Waals surface area contributed by atoms with Crippen molar-refractivity contribution < 1.29 is 99.8 Å². The van der Waals surface area contributed by atoms with Crippen LogP contribution in [0.1, 0.15) is 175 Å². The molecule has 25 heteroatoms. The van der Waals surface area contributed by atoms with Crippen molar-refractivity contribution in [3.63, 3.8) is 0 Å². The summed E-state index contributed by atoms with van der Waals surface area (Å²) in [4.78, 5) is 41.2. The van der Waals surface area contributed by atoms with E-state index in [0.717, 1.165) is 44.8 Å². The Morgan fingerprint density at radius 2 is 0.965 bits per heavy atom. The molecular weight excluding hydrogens is 1140 g/mol. The lowest BCUT2D eigenvalue weighted by Gasteiger charge is -2.59. The van der Waals surface area contributed by atoms with Crippen molar-refractivity contribution in [3.05, 3.63) is 0 Å². The summed E-state index contributed by atoms with van der Waals surface area (Å²) in [6, 6.07) is 0. The molecule has 0 aromatic carbocycles. The summed E-state index contributed by atoms with van der Waals surface area (Å²) in [6.07, 6.45) is -9.17. The van der Waals surface area contributed by atoms with E-state index in [1.54, 1.807) is 30.9 Å². The number of aldehydes is 1. The number of carbonyl (C=O) groups excluding carboxylic acids is 3. The van der Waals surface area contributed by atoms with Crippen molar-refractivity contribution in [1.82, 2.24) is 20.4 Å². The quantitative estimate of drug-likeness (QED) is 0.0938. The summed E-state index contributed by atoms with van der Waals surface area (Å²) < 4.78 is 114. The highest BCUT2D eigenvalue weighted by atomic mass is 19.4. The van der Waals surface area contributed by atoms with Crippen molar-refractivity contribution in [2.45, 2.75) is 305 Å². The number of ether oxygens (including phenoxy) is 8. The topological polar surface area (TPSA) is 257 Å². The molecule has 4 spiro atoms. The van der Waals surface area contributed by atoms with Crippen LogP contribution < -0.4 is 10.6 Å². The van der Waals surface area contributed by atoms with Gasteiger partial charge in [-0.3, -0.25) is 9.80 Å². The zero-order valence-electron chi connectivity index (χ0n) is 54.1. The third-order valence-electron chi connectivity index (χ3n) is 19.9. The highest BCUT2D eigenvalue weighted by molar-refractivity contribution is 5.73. The lowest BCUT2D eigenvalue weighted by atomic mass is 9.77. The van der Waals surface area contributed by atoms with Crippen molar-refractivity contribution in [2.24, 2.45) is 23.7 Å². The van der Waals surface area contributed by atoms with Gasteiger partial charge < -0.3 is 78.9 Å². The van der Waals surface area contributed by atoms with Crippen LogP contribution in [0.15, 0.2) is 0 Å². The first-order valence-electron chi connectivity index (χ1n) is 31.1. The van der Waals surface area contributed by atoms with E-state index < -0.39 is 160 Å². The Morgan fingerprint density at radius 3 is 1.31 bits per heavy atom. The van der Waals surface area contributed by atoms with Crippen molar-refractivity contribution in [1.29, 1.82) is 0 Å². The Kier molecular flexibility index (Phi) is 21.7. The molecule has 0 aromatic heterocycles. The number of aliphatic hydroxyl groups excluding tert-OH is 5. The Balaban J connectivity index is 0.000000188.